The molecule has 1 fully saturated rings. The number of thiophene rings is 1. The van der Waals surface area contributed by atoms with E-state index < -0.39 is 11.4 Å². The number of carboxylic acids is 1. The second-order valence-corrected chi connectivity index (χ2v) is 6.61. The Bertz CT molecular complexity index is 463. The van der Waals surface area contributed by atoms with Crippen molar-refractivity contribution in [3.05, 3.63) is 22.4 Å². The lowest BCUT2D eigenvalue weighted by atomic mass is 9.71. The summed E-state index contributed by atoms with van der Waals surface area (Å²) in [6.45, 7) is 1.93. The zero-order valence-corrected chi connectivity index (χ0v) is 12.5. The van der Waals surface area contributed by atoms with Crippen molar-refractivity contribution in [3.63, 3.8) is 0 Å². The van der Waals surface area contributed by atoms with Crippen LogP contribution in [0.25, 0.3) is 0 Å². The van der Waals surface area contributed by atoms with Crippen LogP contribution in [0.5, 0.6) is 0 Å². The molecule has 0 radical (unpaired) electrons. The minimum Gasteiger partial charge on any atom is -0.481 e. The number of aliphatic carboxylic acids is 1. The molecule has 110 valence electrons. The number of hydrogen-bond acceptors (Lipinski definition) is 3. The number of carboxylic acid groups (broad SMARTS) is 1. The van der Waals surface area contributed by atoms with Crippen LogP contribution in [-0.4, -0.2) is 17.0 Å². The standard InChI is InChI=1S/C15H21NO3S/c1-11(12-6-5-9-20-12)16-13(17)10-15(14(18)19)7-3-2-4-8-15/h5-6,9,11H,2-4,7-8,10H2,1H3,(H,16,17)(H,18,19)/t11-/m1/s1. The Balaban J connectivity index is 1.97. The predicted molar refractivity (Wildman–Crippen MR) is 78.6 cm³/mol. The lowest BCUT2D eigenvalue weighted by Gasteiger charge is -2.32. The van der Waals surface area contributed by atoms with E-state index in [0.29, 0.717) is 12.8 Å². The van der Waals surface area contributed by atoms with Gasteiger partial charge in [-0.2, -0.15) is 0 Å². The molecule has 1 aromatic heterocycles. The first-order valence-electron chi connectivity index (χ1n) is 7.10. The molecule has 20 heavy (non-hydrogen) atoms. The number of rotatable bonds is 5. The van der Waals surface area contributed by atoms with Crippen molar-refractivity contribution in [1.82, 2.24) is 5.32 Å². The van der Waals surface area contributed by atoms with E-state index in [1.165, 1.54) is 0 Å². The van der Waals surface area contributed by atoms with Crippen molar-refractivity contribution in [3.8, 4) is 0 Å². The Labute approximate surface area is 123 Å². The molecule has 0 bridgehead atoms. The second kappa shape index (κ2) is 6.39. The molecule has 2 rings (SSSR count). The fourth-order valence-electron chi connectivity index (χ4n) is 2.90. The molecule has 0 aromatic carbocycles. The van der Waals surface area contributed by atoms with Gasteiger partial charge in [-0.1, -0.05) is 25.3 Å². The minimum absolute atomic E-state index is 0.0584. The zero-order valence-electron chi connectivity index (χ0n) is 11.7. The number of nitrogens with one attached hydrogen (secondary N) is 1. The topological polar surface area (TPSA) is 66.4 Å². The number of hydrogen-bond donors (Lipinski definition) is 2. The van der Waals surface area contributed by atoms with Gasteiger partial charge in [-0.3, -0.25) is 9.59 Å². The average molecular weight is 295 g/mol. The van der Waals surface area contributed by atoms with Crippen LogP contribution in [0.15, 0.2) is 17.5 Å². The normalized spacial score (nSPS) is 19.2. The summed E-state index contributed by atoms with van der Waals surface area (Å²) in [5, 5.41) is 14.4. The van der Waals surface area contributed by atoms with E-state index in [1.807, 2.05) is 24.4 Å². The largest absolute Gasteiger partial charge is 0.481 e. The lowest BCUT2D eigenvalue weighted by molar-refractivity contribution is -0.154. The van der Waals surface area contributed by atoms with Gasteiger partial charge in [0.25, 0.3) is 0 Å². The van der Waals surface area contributed by atoms with Crippen molar-refractivity contribution in [2.24, 2.45) is 5.41 Å². The van der Waals surface area contributed by atoms with Gasteiger partial charge in [0.15, 0.2) is 0 Å². The first-order chi connectivity index (χ1) is 9.53. The third-order valence-electron chi connectivity index (χ3n) is 4.11. The molecule has 1 saturated carbocycles. The van der Waals surface area contributed by atoms with E-state index in [0.717, 1.165) is 24.1 Å². The van der Waals surface area contributed by atoms with Crippen molar-refractivity contribution >= 4 is 23.2 Å². The molecule has 2 N–H and O–H groups in total. The molecular formula is C15H21NO3S. The van der Waals surface area contributed by atoms with Gasteiger partial charge in [-0.05, 0) is 31.2 Å². The summed E-state index contributed by atoms with van der Waals surface area (Å²) in [7, 11) is 0. The molecule has 0 unspecified atom stereocenters. The van der Waals surface area contributed by atoms with E-state index in [4.69, 9.17) is 0 Å². The maximum absolute atomic E-state index is 12.2. The maximum atomic E-state index is 12.2. The third-order valence-corrected chi connectivity index (χ3v) is 5.17. The third kappa shape index (κ3) is 3.39. The van der Waals surface area contributed by atoms with Crippen LogP contribution < -0.4 is 5.32 Å². The van der Waals surface area contributed by atoms with Crippen LogP contribution in [0.2, 0.25) is 0 Å². The number of amides is 1. The van der Waals surface area contributed by atoms with Crippen molar-refractivity contribution in [2.75, 3.05) is 0 Å². The van der Waals surface area contributed by atoms with Crippen LogP contribution in [-0.2, 0) is 9.59 Å². The quantitative estimate of drug-likeness (QED) is 0.875. The summed E-state index contributed by atoms with van der Waals surface area (Å²) < 4.78 is 0. The Kier molecular flexibility index (Phi) is 4.81. The zero-order chi connectivity index (χ0) is 14.6. The number of carbonyl (C=O) groups excluding carboxylic acids is 1. The molecule has 0 saturated heterocycles. The Morgan fingerprint density at radius 1 is 1.40 bits per heavy atom. The lowest BCUT2D eigenvalue weighted by Crippen LogP contribution is -2.39. The first kappa shape index (κ1) is 15.0. The highest BCUT2D eigenvalue weighted by molar-refractivity contribution is 7.10. The smallest absolute Gasteiger partial charge is 0.310 e. The van der Waals surface area contributed by atoms with Crippen LogP contribution in [0.1, 0.15) is 56.4 Å². The molecular weight excluding hydrogens is 274 g/mol. The van der Waals surface area contributed by atoms with Gasteiger partial charge in [0.1, 0.15) is 0 Å². The summed E-state index contributed by atoms with van der Waals surface area (Å²) in [5.41, 5.74) is -0.850. The first-order valence-corrected chi connectivity index (χ1v) is 7.98. The van der Waals surface area contributed by atoms with Crippen molar-refractivity contribution in [2.45, 2.75) is 51.5 Å². The highest BCUT2D eigenvalue weighted by Crippen LogP contribution is 2.39. The molecule has 4 nitrogen and oxygen atoms in total. The van der Waals surface area contributed by atoms with E-state index in [2.05, 4.69) is 5.32 Å². The van der Waals surface area contributed by atoms with E-state index in [1.54, 1.807) is 11.3 Å². The molecule has 0 spiro atoms. The van der Waals surface area contributed by atoms with Gasteiger partial charge in [-0.15, -0.1) is 11.3 Å². The molecule has 0 aliphatic heterocycles. The SMILES string of the molecule is C[C@@H](NC(=O)CC1(C(=O)O)CCCCC1)c1cccs1. The monoisotopic (exact) mass is 295 g/mol. The van der Waals surface area contributed by atoms with Gasteiger partial charge < -0.3 is 10.4 Å². The summed E-state index contributed by atoms with van der Waals surface area (Å²) in [5.74, 6) is -0.980. The van der Waals surface area contributed by atoms with Gasteiger partial charge in [0.2, 0.25) is 5.91 Å². The Morgan fingerprint density at radius 3 is 2.65 bits per heavy atom. The molecule has 1 amide bonds. The van der Waals surface area contributed by atoms with Crippen LogP contribution in [0.3, 0.4) is 0 Å². The van der Waals surface area contributed by atoms with E-state index in [9.17, 15) is 14.7 Å². The van der Waals surface area contributed by atoms with Crippen molar-refractivity contribution in [1.29, 1.82) is 0 Å². The number of carbonyl (C=O) groups is 2. The average Bonchev–Trinajstić information content (AvgIpc) is 2.93. The van der Waals surface area contributed by atoms with Gasteiger partial charge in [0.05, 0.1) is 11.5 Å². The maximum Gasteiger partial charge on any atom is 0.310 e. The van der Waals surface area contributed by atoms with Crippen LogP contribution in [0, 0.1) is 5.41 Å². The highest BCUT2D eigenvalue weighted by atomic mass is 32.1. The van der Waals surface area contributed by atoms with Crippen LogP contribution >= 0.6 is 11.3 Å². The van der Waals surface area contributed by atoms with E-state index >= 15 is 0 Å². The molecule has 1 aliphatic carbocycles. The minimum atomic E-state index is -0.850. The molecule has 5 heteroatoms. The second-order valence-electron chi connectivity index (χ2n) is 5.63. The molecule has 1 aromatic rings. The summed E-state index contributed by atoms with van der Waals surface area (Å²) in [4.78, 5) is 24.8. The summed E-state index contributed by atoms with van der Waals surface area (Å²) in [6, 6.07) is 3.86. The van der Waals surface area contributed by atoms with Gasteiger partial charge in [0, 0.05) is 11.3 Å². The van der Waals surface area contributed by atoms with Gasteiger partial charge in [-0.25, -0.2) is 0 Å². The predicted octanol–water partition coefficient (Wildman–Crippen LogP) is 3.35. The fraction of sp³-hybridized carbons (Fsp3) is 0.600. The van der Waals surface area contributed by atoms with Gasteiger partial charge >= 0.3 is 5.97 Å². The molecule has 1 atom stereocenters. The fourth-order valence-corrected chi connectivity index (χ4v) is 3.64. The summed E-state index contributed by atoms with van der Waals surface area (Å²) in [6.07, 6.45) is 4.20. The summed E-state index contributed by atoms with van der Waals surface area (Å²) >= 11 is 1.59. The molecule has 1 aliphatic rings. The Hall–Kier alpha value is -1.36. The highest BCUT2D eigenvalue weighted by Gasteiger charge is 2.41. The van der Waals surface area contributed by atoms with Crippen molar-refractivity contribution < 1.29 is 14.7 Å². The van der Waals surface area contributed by atoms with E-state index in [-0.39, 0.29) is 18.4 Å². The Morgan fingerprint density at radius 2 is 2.10 bits per heavy atom. The van der Waals surface area contributed by atoms with Crippen LogP contribution in [0.4, 0.5) is 0 Å². The molecule has 1 heterocycles.